The summed E-state index contributed by atoms with van der Waals surface area (Å²) in [4.78, 5) is 15.4. The van der Waals surface area contributed by atoms with Gasteiger partial charge in [0.15, 0.2) is 11.5 Å². The van der Waals surface area contributed by atoms with Crippen LogP contribution in [0.1, 0.15) is 141 Å². The summed E-state index contributed by atoms with van der Waals surface area (Å²) in [5, 5.41) is 11.4. The predicted molar refractivity (Wildman–Crippen MR) is 161 cm³/mol. The molecule has 1 aliphatic carbocycles. The third-order valence-electron chi connectivity index (χ3n) is 8.87. The zero-order valence-corrected chi connectivity index (χ0v) is 25.1. The molecule has 39 heavy (non-hydrogen) atoms. The van der Waals surface area contributed by atoms with Gasteiger partial charge in [0.25, 0.3) is 0 Å². The van der Waals surface area contributed by atoms with Gasteiger partial charge in [-0.05, 0) is 44.0 Å². The van der Waals surface area contributed by atoms with E-state index < -0.39 is 6.10 Å². The predicted octanol–water partition coefficient (Wildman–Crippen LogP) is 8.42. The van der Waals surface area contributed by atoms with E-state index in [0.29, 0.717) is 43.6 Å². The Morgan fingerprint density at radius 1 is 0.872 bits per heavy atom. The summed E-state index contributed by atoms with van der Waals surface area (Å²) < 4.78 is 11.4. The molecule has 5 heteroatoms. The van der Waals surface area contributed by atoms with Crippen LogP contribution in [-0.4, -0.2) is 48.6 Å². The number of hydrogen-bond donors (Lipinski definition) is 1. The summed E-state index contributed by atoms with van der Waals surface area (Å²) in [6, 6.07) is 6.28. The molecule has 0 amide bonds. The summed E-state index contributed by atoms with van der Waals surface area (Å²) in [6.45, 7) is 4.09. The molecule has 1 fully saturated rings. The highest BCUT2D eigenvalue weighted by molar-refractivity contribution is 5.78. The van der Waals surface area contributed by atoms with Crippen molar-refractivity contribution in [3.05, 3.63) is 23.8 Å². The number of unbranched alkanes of at least 4 members (excludes halogenated alkanes) is 12. The first-order valence-corrected chi connectivity index (χ1v) is 16.4. The number of nitrogens with zero attached hydrogens (tertiary/aromatic N) is 1. The Labute approximate surface area is 239 Å². The monoisotopic (exact) mass is 543 g/mol. The zero-order chi connectivity index (χ0) is 27.7. The smallest absolute Gasteiger partial charge is 0.161 e. The van der Waals surface area contributed by atoms with Crippen LogP contribution in [-0.2, 0) is 4.79 Å². The topological polar surface area (TPSA) is 59.0 Å². The normalized spacial score (nSPS) is 17.0. The van der Waals surface area contributed by atoms with Crippen molar-refractivity contribution in [1.82, 2.24) is 4.90 Å². The molecule has 0 radical (unpaired) electrons. The average Bonchev–Trinajstić information content (AvgIpc) is 3.50. The van der Waals surface area contributed by atoms with Crippen LogP contribution in [0.3, 0.4) is 0 Å². The molecule has 5 nitrogen and oxygen atoms in total. The van der Waals surface area contributed by atoms with Crippen molar-refractivity contribution >= 4 is 5.78 Å². The molecule has 1 aromatic carbocycles. The van der Waals surface area contributed by atoms with Crippen molar-refractivity contribution in [3.63, 3.8) is 0 Å². The minimum Gasteiger partial charge on any atom is -0.486 e. The largest absolute Gasteiger partial charge is 0.486 e. The SMILES string of the molecule is CCCCCCCCCCCCCCCC(=O)C[C@H](CN(C)C1CCCC1)[C@H](O)c1ccc2c(c1)OCCO2. The van der Waals surface area contributed by atoms with Gasteiger partial charge in [0.05, 0.1) is 6.10 Å². The number of carbonyl (C=O) groups excluding carboxylic acids is 1. The first kappa shape index (κ1) is 31.9. The van der Waals surface area contributed by atoms with E-state index in [1.54, 1.807) is 0 Å². The lowest BCUT2D eigenvalue weighted by Gasteiger charge is -2.31. The lowest BCUT2D eigenvalue weighted by molar-refractivity contribution is -0.121. The van der Waals surface area contributed by atoms with Gasteiger partial charge >= 0.3 is 0 Å². The van der Waals surface area contributed by atoms with Crippen molar-refractivity contribution in [2.24, 2.45) is 5.92 Å². The maximum atomic E-state index is 13.1. The van der Waals surface area contributed by atoms with Crippen LogP contribution >= 0.6 is 0 Å². The van der Waals surface area contributed by atoms with Crippen LogP contribution in [0.5, 0.6) is 11.5 Å². The summed E-state index contributed by atoms with van der Waals surface area (Å²) >= 11 is 0. The van der Waals surface area contributed by atoms with Crippen molar-refractivity contribution in [2.75, 3.05) is 26.8 Å². The van der Waals surface area contributed by atoms with Gasteiger partial charge in [-0.25, -0.2) is 0 Å². The standard InChI is InChI=1S/C34H57NO4/c1-3-4-5-6-7-8-9-10-11-12-13-14-15-20-31(36)25-29(27-35(2)30-18-16-17-19-30)34(37)28-21-22-32-33(26-28)39-24-23-38-32/h21-22,26,29-30,34,37H,3-20,23-25,27H2,1-2H3/t29-,34-/m1/s1. The summed E-state index contributed by atoms with van der Waals surface area (Å²) in [6.07, 6.45) is 22.4. The second kappa shape index (κ2) is 18.7. The van der Waals surface area contributed by atoms with Gasteiger partial charge in [0.1, 0.15) is 19.0 Å². The highest BCUT2D eigenvalue weighted by Crippen LogP contribution is 2.36. The van der Waals surface area contributed by atoms with Gasteiger partial charge in [0, 0.05) is 31.3 Å². The van der Waals surface area contributed by atoms with Gasteiger partial charge in [0.2, 0.25) is 0 Å². The number of rotatable bonds is 21. The molecule has 222 valence electrons. The molecule has 1 saturated carbocycles. The molecule has 1 heterocycles. The summed E-state index contributed by atoms with van der Waals surface area (Å²) in [5.74, 6) is 1.60. The van der Waals surface area contributed by atoms with E-state index in [1.165, 1.54) is 96.3 Å². The Kier molecular flexibility index (Phi) is 15.3. The number of aliphatic hydroxyl groups excluding tert-OH is 1. The molecule has 1 N–H and O–H groups in total. The number of Topliss-reactive ketones (excluding diaryl/α,β-unsaturated/α-hetero) is 1. The van der Waals surface area contributed by atoms with E-state index in [9.17, 15) is 9.90 Å². The molecule has 0 saturated heterocycles. The fourth-order valence-electron chi connectivity index (χ4n) is 6.39. The maximum Gasteiger partial charge on any atom is 0.161 e. The molecule has 0 unspecified atom stereocenters. The molecule has 2 aliphatic rings. The van der Waals surface area contributed by atoms with E-state index in [4.69, 9.17) is 9.47 Å². The quantitative estimate of drug-likeness (QED) is 0.158. The van der Waals surface area contributed by atoms with Crippen LogP contribution in [0.15, 0.2) is 18.2 Å². The van der Waals surface area contributed by atoms with E-state index >= 15 is 0 Å². The van der Waals surface area contributed by atoms with Gasteiger partial charge < -0.3 is 19.5 Å². The Hall–Kier alpha value is -1.59. The zero-order valence-electron chi connectivity index (χ0n) is 25.1. The molecule has 3 rings (SSSR count). The summed E-state index contributed by atoms with van der Waals surface area (Å²) in [7, 11) is 2.16. The lowest BCUT2D eigenvalue weighted by Crippen LogP contribution is -2.36. The van der Waals surface area contributed by atoms with Crippen molar-refractivity contribution < 1.29 is 19.4 Å². The molecule has 0 spiro atoms. The molecule has 2 atom stereocenters. The van der Waals surface area contributed by atoms with E-state index in [1.807, 2.05) is 18.2 Å². The van der Waals surface area contributed by atoms with Gasteiger partial charge in [-0.3, -0.25) is 4.79 Å². The lowest BCUT2D eigenvalue weighted by atomic mass is 9.89. The fraction of sp³-hybridized carbons (Fsp3) is 0.794. The van der Waals surface area contributed by atoms with Crippen LogP contribution in [0.2, 0.25) is 0 Å². The van der Waals surface area contributed by atoms with E-state index in [2.05, 4.69) is 18.9 Å². The Bertz CT molecular complexity index is 806. The molecule has 0 aromatic heterocycles. The molecule has 1 aromatic rings. The Morgan fingerprint density at radius 2 is 1.44 bits per heavy atom. The minimum absolute atomic E-state index is 0.118. The molecular weight excluding hydrogens is 486 g/mol. The fourth-order valence-corrected chi connectivity index (χ4v) is 6.39. The number of hydrogen-bond acceptors (Lipinski definition) is 5. The van der Waals surface area contributed by atoms with Crippen molar-refractivity contribution in [1.29, 1.82) is 0 Å². The maximum absolute atomic E-state index is 13.1. The first-order chi connectivity index (χ1) is 19.1. The van der Waals surface area contributed by atoms with E-state index in [-0.39, 0.29) is 5.92 Å². The molecule has 1 aliphatic heterocycles. The highest BCUT2D eigenvalue weighted by Gasteiger charge is 2.29. The second-order valence-corrected chi connectivity index (χ2v) is 12.2. The summed E-state index contributed by atoms with van der Waals surface area (Å²) in [5.41, 5.74) is 0.817. The third-order valence-corrected chi connectivity index (χ3v) is 8.87. The van der Waals surface area contributed by atoms with Gasteiger partial charge in [-0.1, -0.05) is 103 Å². The Morgan fingerprint density at radius 3 is 2.05 bits per heavy atom. The number of fused-ring (bicyclic) bond motifs is 1. The first-order valence-electron chi connectivity index (χ1n) is 16.4. The number of benzene rings is 1. The number of aliphatic hydroxyl groups is 1. The molecular formula is C34H57NO4. The van der Waals surface area contributed by atoms with Crippen LogP contribution in [0, 0.1) is 5.92 Å². The van der Waals surface area contributed by atoms with Crippen LogP contribution in [0.4, 0.5) is 0 Å². The van der Waals surface area contributed by atoms with Crippen LogP contribution in [0.25, 0.3) is 0 Å². The molecule has 0 bridgehead atoms. The van der Waals surface area contributed by atoms with E-state index in [0.717, 1.165) is 30.7 Å². The van der Waals surface area contributed by atoms with Crippen LogP contribution < -0.4 is 9.47 Å². The number of ether oxygens (including phenoxy) is 2. The Balaban J connectivity index is 1.38. The highest BCUT2D eigenvalue weighted by atomic mass is 16.6. The second-order valence-electron chi connectivity index (χ2n) is 12.2. The average molecular weight is 544 g/mol. The van der Waals surface area contributed by atoms with Gasteiger partial charge in [-0.2, -0.15) is 0 Å². The van der Waals surface area contributed by atoms with Crippen molar-refractivity contribution in [2.45, 2.75) is 141 Å². The number of ketones is 1. The minimum atomic E-state index is -0.694. The third kappa shape index (κ3) is 11.8. The number of carbonyl (C=O) groups is 1. The van der Waals surface area contributed by atoms with Gasteiger partial charge in [-0.15, -0.1) is 0 Å². The van der Waals surface area contributed by atoms with Crippen molar-refractivity contribution in [3.8, 4) is 11.5 Å².